The van der Waals surface area contributed by atoms with Crippen LogP contribution in [-0.2, 0) is 16.6 Å². The van der Waals surface area contributed by atoms with Gasteiger partial charge < -0.3 is 4.90 Å². The van der Waals surface area contributed by atoms with E-state index in [0.29, 0.717) is 16.8 Å². The van der Waals surface area contributed by atoms with Crippen LogP contribution >= 0.6 is 34.5 Å². The molecule has 2 atom stereocenters. The van der Waals surface area contributed by atoms with Crippen molar-refractivity contribution in [3.63, 3.8) is 0 Å². The fraction of sp³-hybridized carbons (Fsp3) is 0.421. The number of carbonyl (C=O) groups is 1. The lowest BCUT2D eigenvalue weighted by molar-refractivity contribution is -0.138. The van der Waals surface area contributed by atoms with E-state index in [9.17, 15) is 4.79 Å². The summed E-state index contributed by atoms with van der Waals surface area (Å²) in [6, 6.07) is 8.89. The maximum absolute atomic E-state index is 12.1. The van der Waals surface area contributed by atoms with Crippen molar-refractivity contribution in [2.45, 2.75) is 44.1 Å². The SMILES string of the molecule is CN1C(=O)CC[C@]2(C)c3ccc(-c4cc(Cl)sc4Cl)cc3CCC12. The highest BCUT2D eigenvalue weighted by Crippen LogP contribution is 2.47. The van der Waals surface area contributed by atoms with Crippen LogP contribution in [0.25, 0.3) is 11.1 Å². The molecule has 2 heterocycles. The number of halogens is 2. The van der Waals surface area contributed by atoms with E-state index in [4.69, 9.17) is 23.2 Å². The van der Waals surface area contributed by atoms with Gasteiger partial charge >= 0.3 is 0 Å². The van der Waals surface area contributed by atoms with Gasteiger partial charge in [-0.3, -0.25) is 4.79 Å². The molecule has 4 rings (SSSR count). The van der Waals surface area contributed by atoms with Gasteiger partial charge in [0.15, 0.2) is 0 Å². The highest BCUT2D eigenvalue weighted by Gasteiger charge is 2.46. The molecule has 1 aromatic carbocycles. The Morgan fingerprint density at radius 1 is 1.25 bits per heavy atom. The largest absolute Gasteiger partial charge is 0.342 e. The molecule has 0 bridgehead atoms. The molecule has 24 heavy (non-hydrogen) atoms. The standard InChI is InChI=1S/C19H19Cl2NOS/c1-19-8-7-17(23)22(2)15(19)6-4-12-9-11(3-5-14(12)19)13-10-16(20)24-18(13)21/h3,5,9-10,15H,4,6-8H2,1-2H3/t15?,19-/m1/s1. The Balaban J connectivity index is 1.77. The molecule has 1 aliphatic carbocycles. The topological polar surface area (TPSA) is 20.3 Å². The molecule has 0 N–H and O–H groups in total. The third-order valence-electron chi connectivity index (χ3n) is 5.83. The van der Waals surface area contributed by atoms with Gasteiger partial charge in [-0.1, -0.05) is 48.3 Å². The molecule has 1 unspecified atom stereocenters. The number of carbonyl (C=O) groups excluding carboxylic acids is 1. The summed E-state index contributed by atoms with van der Waals surface area (Å²) in [4.78, 5) is 14.1. The zero-order valence-corrected chi connectivity index (χ0v) is 16.1. The number of likely N-dealkylation sites (tertiary alicyclic amines) is 1. The Morgan fingerprint density at radius 3 is 2.75 bits per heavy atom. The lowest BCUT2D eigenvalue weighted by Crippen LogP contribution is -2.56. The molecule has 0 radical (unpaired) electrons. The lowest BCUT2D eigenvalue weighted by Gasteiger charge is -2.50. The molecule has 1 amide bonds. The van der Waals surface area contributed by atoms with E-state index in [1.54, 1.807) is 0 Å². The summed E-state index contributed by atoms with van der Waals surface area (Å²) in [5.41, 5.74) is 4.96. The summed E-state index contributed by atoms with van der Waals surface area (Å²) in [6.07, 6.45) is 3.58. The molecule has 2 aromatic rings. The van der Waals surface area contributed by atoms with Crippen molar-refractivity contribution in [3.8, 4) is 11.1 Å². The van der Waals surface area contributed by atoms with Crippen molar-refractivity contribution in [1.82, 2.24) is 4.90 Å². The first-order chi connectivity index (χ1) is 11.4. The Bertz CT molecular complexity index is 831. The Kier molecular flexibility index (Phi) is 3.94. The number of nitrogens with zero attached hydrogens (tertiary/aromatic N) is 1. The first kappa shape index (κ1) is 16.4. The van der Waals surface area contributed by atoms with Crippen LogP contribution in [-0.4, -0.2) is 23.9 Å². The number of piperidine rings is 1. The van der Waals surface area contributed by atoms with Crippen molar-refractivity contribution in [2.24, 2.45) is 0 Å². The molecular formula is C19H19Cl2NOS. The average Bonchev–Trinajstić information content (AvgIpc) is 2.89. The molecule has 2 aliphatic rings. The predicted octanol–water partition coefficient (Wildman–Crippen LogP) is 5.55. The van der Waals surface area contributed by atoms with E-state index in [2.05, 4.69) is 25.1 Å². The van der Waals surface area contributed by atoms with Crippen molar-refractivity contribution in [2.75, 3.05) is 7.05 Å². The predicted molar refractivity (Wildman–Crippen MR) is 101 cm³/mol. The molecule has 1 aromatic heterocycles. The second-order valence-electron chi connectivity index (χ2n) is 7.09. The highest BCUT2D eigenvalue weighted by molar-refractivity contribution is 7.20. The number of rotatable bonds is 1. The summed E-state index contributed by atoms with van der Waals surface area (Å²) in [7, 11) is 1.96. The van der Waals surface area contributed by atoms with Crippen molar-refractivity contribution in [1.29, 1.82) is 0 Å². The van der Waals surface area contributed by atoms with Gasteiger partial charge in [0.05, 0.1) is 4.34 Å². The molecule has 1 saturated heterocycles. The number of hydrogen-bond donors (Lipinski definition) is 0. The van der Waals surface area contributed by atoms with Gasteiger partial charge in [-0.25, -0.2) is 0 Å². The molecule has 1 aliphatic heterocycles. The van der Waals surface area contributed by atoms with E-state index >= 15 is 0 Å². The van der Waals surface area contributed by atoms with Crippen LogP contribution in [0.3, 0.4) is 0 Å². The molecule has 126 valence electrons. The molecule has 5 heteroatoms. The minimum absolute atomic E-state index is 0.0465. The van der Waals surface area contributed by atoms with Gasteiger partial charge in [0, 0.05) is 30.5 Å². The molecule has 0 saturated carbocycles. The van der Waals surface area contributed by atoms with Crippen LogP contribution in [0.5, 0.6) is 0 Å². The Morgan fingerprint density at radius 2 is 2.04 bits per heavy atom. The van der Waals surface area contributed by atoms with Crippen molar-refractivity contribution >= 4 is 40.4 Å². The molecule has 2 nitrogen and oxygen atoms in total. The van der Waals surface area contributed by atoms with E-state index in [1.807, 2.05) is 18.0 Å². The van der Waals surface area contributed by atoms with Crippen LogP contribution in [0.1, 0.15) is 37.3 Å². The highest BCUT2D eigenvalue weighted by atomic mass is 35.5. The fourth-order valence-corrected chi connectivity index (χ4v) is 6.00. The molecular weight excluding hydrogens is 361 g/mol. The number of thiophene rings is 1. The normalized spacial score (nSPS) is 26.2. The van der Waals surface area contributed by atoms with Gasteiger partial charge in [0.1, 0.15) is 4.34 Å². The summed E-state index contributed by atoms with van der Waals surface area (Å²) in [5.74, 6) is 0.275. The smallest absolute Gasteiger partial charge is 0.222 e. The van der Waals surface area contributed by atoms with Crippen LogP contribution in [0.15, 0.2) is 24.3 Å². The van der Waals surface area contributed by atoms with Crippen molar-refractivity contribution in [3.05, 3.63) is 44.1 Å². The number of hydrogen-bond acceptors (Lipinski definition) is 2. The molecule has 1 fully saturated rings. The third-order valence-corrected chi connectivity index (χ3v) is 7.32. The minimum Gasteiger partial charge on any atom is -0.342 e. The first-order valence-corrected chi connectivity index (χ1v) is 9.81. The summed E-state index contributed by atoms with van der Waals surface area (Å²) in [6.45, 7) is 2.31. The van der Waals surface area contributed by atoms with Crippen LogP contribution < -0.4 is 0 Å². The maximum atomic E-state index is 12.1. The van der Waals surface area contributed by atoms with Gasteiger partial charge in [-0.2, -0.15) is 0 Å². The fourth-order valence-electron chi connectivity index (χ4n) is 4.49. The first-order valence-electron chi connectivity index (χ1n) is 8.24. The number of amides is 1. The van der Waals surface area contributed by atoms with Gasteiger partial charge in [-0.15, -0.1) is 11.3 Å². The van der Waals surface area contributed by atoms with Crippen LogP contribution in [0.4, 0.5) is 0 Å². The zero-order valence-electron chi connectivity index (χ0n) is 13.7. The quantitative estimate of drug-likeness (QED) is 0.636. The van der Waals surface area contributed by atoms with E-state index in [1.165, 1.54) is 22.5 Å². The number of fused-ring (bicyclic) bond motifs is 3. The third kappa shape index (κ3) is 2.40. The van der Waals surface area contributed by atoms with Gasteiger partial charge in [-0.05, 0) is 42.0 Å². The minimum atomic E-state index is 0.0465. The number of likely N-dealkylation sites (N-methyl/N-ethyl adjacent to an activating group) is 1. The van der Waals surface area contributed by atoms with E-state index in [-0.39, 0.29) is 11.3 Å². The Labute approximate surface area is 156 Å². The van der Waals surface area contributed by atoms with E-state index < -0.39 is 0 Å². The average molecular weight is 380 g/mol. The van der Waals surface area contributed by atoms with Gasteiger partial charge in [0.25, 0.3) is 0 Å². The zero-order chi connectivity index (χ0) is 17.1. The second-order valence-corrected chi connectivity index (χ2v) is 9.37. The summed E-state index contributed by atoms with van der Waals surface area (Å²) in [5, 5.41) is 0. The summed E-state index contributed by atoms with van der Waals surface area (Å²) < 4.78 is 1.45. The van der Waals surface area contributed by atoms with Crippen LogP contribution in [0, 0.1) is 0 Å². The van der Waals surface area contributed by atoms with Crippen molar-refractivity contribution < 1.29 is 4.79 Å². The molecule has 0 spiro atoms. The van der Waals surface area contributed by atoms with E-state index in [0.717, 1.165) is 34.7 Å². The number of aryl methyl sites for hydroxylation is 1. The maximum Gasteiger partial charge on any atom is 0.222 e. The number of benzene rings is 1. The van der Waals surface area contributed by atoms with Gasteiger partial charge in [0.2, 0.25) is 5.91 Å². The lowest BCUT2D eigenvalue weighted by atomic mass is 9.63. The Hall–Kier alpha value is -1.03. The van der Waals surface area contributed by atoms with Crippen LogP contribution in [0.2, 0.25) is 8.67 Å². The second kappa shape index (κ2) is 5.76. The summed E-state index contributed by atoms with van der Waals surface area (Å²) >= 11 is 13.8. The monoisotopic (exact) mass is 379 g/mol.